The average molecular weight is 453 g/mol. The predicted octanol–water partition coefficient (Wildman–Crippen LogP) is 4.98. The molecular formula is C24H40O6Si. The molecule has 2 aliphatic rings. The molecule has 0 fully saturated rings. The van der Waals surface area contributed by atoms with Gasteiger partial charge in [0.15, 0.2) is 13.9 Å². The number of methoxy groups -OCH3 is 2. The summed E-state index contributed by atoms with van der Waals surface area (Å²) in [4.78, 5) is 12.2. The largest absolute Gasteiger partial charge is 0.497 e. The third kappa shape index (κ3) is 5.89. The van der Waals surface area contributed by atoms with Crippen LogP contribution in [0.15, 0.2) is 35.1 Å². The molecule has 0 aromatic carbocycles. The van der Waals surface area contributed by atoms with E-state index in [1.807, 2.05) is 0 Å². The lowest BCUT2D eigenvalue weighted by Crippen LogP contribution is -2.45. The average Bonchev–Trinajstić information content (AvgIpc) is 2.98. The minimum absolute atomic E-state index is 0.146. The van der Waals surface area contributed by atoms with E-state index in [0.29, 0.717) is 25.4 Å². The minimum Gasteiger partial charge on any atom is -0.497 e. The Morgan fingerprint density at radius 2 is 2.00 bits per heavy atom. The summed E-state index contributed by atoms with van der Waals surface area (Å²) in [6.45, 7) is 16.7. The first-order chi connectivity index (χ1) is 14.4. The van der Waals surface area contributed by atoms with Crippen molar-refractivity contribution < 1.29 is 28.2 Å². The Labute approximate surface area is 188 Å². The second-order valence-corrected chi connectivity index (χ2v) is 15.0. The van der Waals surface area contributed by atoms with Crippen LogP contribution in [-0.2, 0) is 28.2 Å². The van der Waals surface area contributed by atoms with Gasteiger partial charge in [0, 0.05) is 19.4 Å². The lowest BCUT2D eigenvalue weighted by molar-refractivity contribution is -0.152. The van der Waals surface area contributed by atoms with Gasteiger partial charge in [-0.2, -0.15) is 0 Å². The van der Waals surface area contributed by atoms with Crippen molar-refractivity contribution in [3.8, 4) is 0 Å². The summed E-state index contributed by atoms with van der Waals surface area (Å²) < 4.78 is 28.6. The molecule has 0 aromatic heterocycles. The summed E-state index contributed by atoms with van der Waals surface area (Å²) in [5, 5.41) is 0.146. The molecule has 0 N–H and O–H groups in total. The van der Waals surface area contributed by atoms with E-state index < -0.39 is 13.9 Å². The first-order valence-corrected chi connectivity index (χ1v) is 13.8. The maximum atomic E-state index is 12.2. The Bertz CT molecular complexity index is 746. The standard InChI is InChI=1S/C24H40O6Si/c1-17(14-29-31(8,9)23(3,4)5)10-20-11-19(15-28-16-26-6)18(2)13-24(20)21(27-7)12-22(25)30-24/h10-12,18,20H,13-16H2,1-9H3/b17-10+/t18-,20-,24-/m0/s1. The number of carbonyl (C=O) groups excluding carboxylic acids is 1. The molecule has 0 amide bonds. The Hall–Kier alpha value is -1.41. The van der Waals surface area contributed by atoms with Crippen LogP contribution in [0.4, 0.5) is 0 Å². The molecule has 1 heterocycles. The Balaban J connectivity index is 2.33. The quantitative estimate of drug-likeness (QED) is 0.162. The monoisotopic (exact) mass is 452 g/mol. The molecule has 0 unspecified atom stereocenters. The molecular weight excluding hydrogens is 412 g/mol. The summed E-state index contributed by atoms with van der Waals surface area (Å²) in [5.41, 5.74) is 1.45. The fourth-order valence-corrected chi connectivity index (χ4v) is 4.85. The molecule has 7 heteroatoms. The molecule has 0 saturated heterocycles. The molecule has 0 bridgehead atoms. The van der Waals surface area contributed by atoms with Gasteiger partial charge in [0.2, 0.25) is 0 Å². The molecule has 0 radical (unpaired) electrons. The third-order valence-electron chi connectivity index (χ3n) is 6.74. The minimum atomic E-state index is -1.86. The number of carbonyl (C=O) groups is 1. The van der Waals surface area contributed by atoms with Crippen molar-refractivity contribution in [3.63, 3.8) is 0 Å². The van der Waals surface area contributed by atoms with Crippen molar-refractivity contribution >= 4 is 14.3 Å². The summed E-state index contributed by atoms with van der Waals surface area (Å²) in [5.74, 6) is 0.238. The fourth-order valence-electron chi connectivity index (χ4n) is 3.83. The molecule has 2 rings (SSSR count). The first-order valence-electron chi connectivity index (χ1n) is 10.9. The highest BCUT2D eigenvalue weighted by atomic mass is 28.4. The van der Waals surface area contributed by atoms with Gasteiger partial charge in [-0.05, 0) is 36.5 Å². The van der Waals surface area contributed by atoms with E-state index >= 15 is 0 Å². The van der Waals surface area contributed by atoms with E-state index in [-0.39, 0.29) is 29.6 Å². The number of rotatable bonds is 9. The van der Waals surface area contributed by atoms with Gasteiger partial charge < -0.3 is 23.4 Å². The molecule has 0 aromatic rings. The van der Waals surface area contributed by atoms with E-state index in [1.165, 1.54) is 11.6 Å². The smallest absolute Gasteiger partial charge is 0.335 e. The van der Waals surface area contributed by atoms with Crippen LogP contribution in [0, 0.1) is 11.8 Å². The van der Waals surface area contributed by atoms with E-state index in [0.717, 1.165) is 5.57 Å². The second kappa shape index (κ2) is 10.0. The van der Waals surface area contributed by atoms with Gasteiger partial charge in [-0.1, -0.05) is 45.4 Å². The van der Waals surface area contributed by atoms with Gasteiger partial charge in [0.25, 0.3) is 0 Å². The SMILES string of the molecule is COCOCC1=C[C@H](/C=C(\C)CO[Si](C)(C)C(C)(C)C)[C@]2(C[C@@H]1C)OC(=O)C=C2OC. The van der Waals surface area contributed by atoms with Crippen molar-refractivity contribution in [2.24, 2.45) is 11.8 Å². The van der Waals surface area contributed by atoms with Gasteiger partial charge >= 0.3 is 5.97 Å². The molecule has 1 spiro atoms. The van der Waals surface area contributed by atoms with Crippen molar-refractivity contribution in [2.75, 3.05) is 34.2 Å². The van der Waals surface area contributed by atoms with Crippen molar-refractivity contribution in [2.45, 2.75) is 64.8 Å². The highest BCUT2D eigenvalue weighted by Gasteiger charge is 2.52. The summed E-state index contributed by atoms with van der Waals surface area (Å²) >= 11 is 0. The van der Waals surface area contributed by atoms with Crippen LogP contribution < -0.4 is 0 Å². The van der Waals surface area contributed by atoms with E-state index in [2.05, 4.69) is 59.9 Å². The summed E-state index contributed by atoms with van der Waals surface area (Å²) in [7, 11) is 1.34. The number of esters is 1. The normalized spacial score (nSPS) is 27.3. The molecule has 6 nitrogen and oxygen atoms in total. The molecule has 31 heavy (non-hydrogen) atoms. The number of hydrogen-bond donors (Lipinski definition) is 0. The van der Waals surface area contributed by atoms with Crippen LogP contribution in [0.25, 0.3) is 0 Å². The zero-order valence-corrected chi connectivity index (χ0v) is 21.7. The van der Waals surface area contributed by atoms with Crippen molar-refractivity contribution in [3.05, 3.63) is 35.1 Å². The Kier molecular flexibility index (Phi) is 8.36. The molecule has 0 saturated carbocycles. The van der Waals surface area contributed by atoms with Gasteiger partial charge in [0.05, 0.1) is 26.4 Å². The Morgan fingerprint density at radius 3 is 2.58 bits per heavy atom. The van der Waals surface area contributed by atoms with Crippen molar-refractivity contribution in [1.29, 1.82) is 0 Å². The highest BCUT2D eigenvalue weighted by Crippen LogP contribution is 2.47. The van der Waals surface area contributed by atoms with Crippen LogP contribution in [0.2, 0.25) is 18.1 Å². The maximum absolute atomic E-state index is 12.2. The summed E-state index contributed by atoms with van der Waals surface area (Å²) in [6, 6.07) is 0. The lowest BCUT2D eigenvalue weighted by atomic mass is 9.71. The van der Waals surface area contributed by atoms with Gasteiger partial charge in [-0.15, -0.1) is 0 Å². The predicted molar refractivity (Wildman–Crippen MR) is 124 cm³/mol. The topological polar surface area (TPSA) is 63.2 Å². The zero-order chi connectivity index (χ0) is 23.4. The Morgan fingerprint density at radius 1 is 1.32 bits per heavy atom. The maximum Gasteiger partial charge on any atom is 0.335 e. The first kappa shape index (κ1) is 25.8. The summed E-state index contributed by atoms with van der Waals surface area (Å²) in [6.07, 6.45) is 6.42. The zero-order valence-electron chi connectivity index (χ0n) is 20.7. The second-order valence-electron chi connectivity index (χ2n) is 10.2. The molecule has 1 aliphatic carbocycles. The van der Waals surface area contributed by atoms with Crippen molar-refractivity contribution in [1.82, 2.24) is 0 Å². The van der Waals surface area contributed by atoms with E-state index in [9.17, 15) is 4.79 Å². The number of ether oxygens (including phenoxy) is 4. The molecule has 176 valence electrons. The number of hydrogen-bond acceptors (Lipinski definition) is 6. The van der Waals surface area contributed by atoms with E-state index in [4.69, 9.17) is 23.4 Å². The third-order valence-corrected chi connectivity index (χ3v) is 11.2. The highest BCUT2D eigenvalue weighted by molar-refractivity contribution is 6.74. The van der Waals surface area contributed by atoms with Crippen LogP contribution in [0.3, 0.4) is 0 Å². The van der Waals surface area contributed by atoms with Crippen LogP contribution in [0.1, 0.15) is 41.0 Å². The van der Waals surface area contributed by atoms with Gasteiger partial charge in [0.1, 0.15) is 12.6 Å². The molecule has 1 aliphatic heterocycles. The van der Waals surface area contributed by atoms with E-state index in [1.54, 1.807) is 14.2 Å². The van der Waals surface area contributed by atoms with Crippen LogP contribution in [0.5, 0.6) is 0 Å². The fraction of sp³-hybridized carbons (Fsp3) is 0.708. The lowest BCUT2D eigenvalue weighted by Gasteiger charge is -2.41. The van der Waals surface area contributed by atoms with Gasteiger partial charge in [-0.25, -0.2) is 4.79 Å². The van der Waals surface area contributed by atoms with Crippen LogP contribution >= 0.6 is 0 Å². The molecule has 3 atom stereocenters. The van der Waals surface area contributed by atoms with Crippen LogP contribution in [-0.4, -0.2) is 54.1 Å². The van der Waals surface area contributed by atoms with Gasteiger partial charge in [-0.3, -0.25) is 0 Å².